The van der Waals surface area contributed by atoms with E-state index in [2.05, 4.69) is 0 Å². The number of aryl methyl sites for hydroxylation is 1. The summed E-state index contributed by atoms with van der Waals surface area (Å²) in [5, 5.41) is 11.3. The Morgan fingerprint density at radius 3 is 2.25 bits per heavy atom. The fraction of sp³-hybridized carbons (Fsp3) is 0.176. The summed E-state index contributed by atoms with van der Waals surface area (Å²) < 4.78 is 5.15. The molecule has 0 radical (unpaired) electrons. The van der Waals surface area contributed by atoms with Gasteiger partial charge < -0.3 is 4.74 Å². The number of carbonyl (C=O) groups excluding carboxylic acids is 2. The number of nitro groups is 1. The van der Waals surface area contributed by atoms with E-state index in [0.717, 1.165) is 0 Å². The van der Waals surface area contributed by atoms with E-state index in [-0.39, 0.29) is 17.0 Å². The highest BCUT2D eigenvalue weighted by atomic mass is 35.5. The summed E-state index contributed by atoms with van der Waals surface area (Å²) in [6.45, 7) is 2.99. The minimum absolute atomic E-state index is 0.0863. The fourth-order valence-electron chi connectivity index (χ4n) is 2.12. The van der Waals surface area contributed by atoms with Crippen molar-refractivity contribution in [2.45, 2.75) is 20.0 Å². The van der Waals surface area contributed by atoms with E-state index in [1.165, 1.54) is 32.0 Å². The van der Waals surface area contributed by atoms with Crippen molar-refractivity contribution in [1.29, 1.82) is 0 Å². The van der Waals surface area contributed by atoms with E-state index in [4.69, 9.17) is 16.3 Å². The molecule has 0 aliphatic heterocycles. The number of benzene rings is 2. The zero-order chi connectivity index (χ0) is 17.9. The van der Waals surface area contributed by atoms with Crippen LogP contribution in [0.2, 0.25) is 5.02 Å². The van der Waals surface area contributed by atoms with Crippen LogP contribution >= 0.6 is 11.6 Å². The highest BCUT2D eigenvalue weighted by molar-refractivity contribution is 6.30. The first-order chi connectivity index (χ1) is 11.3. The molecule has 0 N–H and O–H groups in total. The summed E-state index contributed by atoms with van der Waals surface area (Å²) in [5.41, 5.74) is 0.774. The van der Waals surface area contributed by atoms with Crippen molar-refractivity contribution in [2.75, 3.05) is 0 Å². The first-order valence-corrected chi connectivity index (χ1v) is 7.43. The molecule has 1 atom stereocenters. The van der Waals surface area contributed by atoms with Crippen LogP contribution in [0.3, 0.4) is 0 Å². The minimum atomic E-state index is -0.992. The van der Waals surface area contributed by atoms with Crippen molar-refractivity contribution in [2.24, 2.45) is 0 Å². The van der Waals surface area contributed by atoms with E-state index in [9.17, 15) is 19.7 Å². The van der Waals surface area contributed by atoms with Crippen LogP contribution in [-0.4, -0.2) is 22.8 Å². The van der Waals surface area contributed by atoms with Crippen molar-refractivity contribution in [3.05, 3.63) is 74.3 Å². The molecule has 6 nitrogen and oxygen atoms in total. The molecule has 0 heterocycles. The number of ketones is 1. The molecule has 24 heavy (non-hydrogen) atoms. The number of esters is 1. The molecule has 0 aromatic heterocycles. The molecule has 0 aliphatic rings. The van der Waals surface area contributed by atoms with E-state index in [0.29, 0.717) is 16.1 Å². The van der Waals surface area contributed by atoms with Crippen molar-refractivity contribution < 1.29 is 19.2 Å². The fourth-order valence-corrected chi connectivity index (χ4v) is 2.24. The zero-order valence-electron chi connectivity index (χ0n) is 13.0. The molecule has 0 bridgehead atoms. The van der Waals surface area contributed by atoms with Crippen molar-refractivity contribution in [3.63, 3.8) is 0 Å². The highest BCUT2D eigenvalue weighted by Crippen LogP contribution is 2.20. The maximum atomic E-state index is 12.2. The molecule has 0 unspecified atom stereocenters. The van der Waals surface area contributed by atoms with Crippen LogP contribution in [0.25, 0.3) is 0 Å². The van der Waals surface area contributed by atoms with Crippen LogP contribution in [0, 0.1) is 17.0 Å². The molecule has 7 heteroatoms. The zero-order valence-corrected chi connectivity index (χ0v) is 13.7. The number of Topliss-reactive ketones (excluding diaryl/α,β-unsaturated/α-hetero) is 1. The number of carbonyl (C=O) groups is 2. The minimum Gasteiger partial charge on any atom is -0.451 e. The lowest BCUT2D eigenvalue weighted by Gasteiger charge is -2.12. The van der Waals surface area contributed by atoms with Gasteiger partial charge in [0.1, 0.15) is 0 Å². The Labute approximate surface area is 143 Å². The van der Waals surface area contributed by atoms with Crippen LogP contribution in [0.4, 0.5) is 5.69 Å². The second-order valence-electron chi connectivity index (χ2n) is 5.18. The van der Waals surface area contributed by atoms with Gasteiger partial charge in [0.25, 0.3) is 5.69 Å². The SMILES string of the molecule is Cc1cc(C(=O)O[C@@H](C)C(=O)c2ccc(Cl)cc2)ccc1[N+](=O)[O-]. The van der Waals surface area contributed by atoms with Gasteiger partial charge in [0, 0.05) is 22.2 Å². The first kappa shape index (κ1) is 17.6. The number of halogens is 1. The topological polar surface area (TPSA) is 86.5 Å². The molecular weight excluding hydrogens is 334 g/mol. The van der Waals surface area contributed by atoms with Gasteiger partial charge in [-0.3, -0.25) is 14.9 Å². The third-order valence-electron chi connectivity index (χ3n) is 3.41. The summed E-state index contributed by atoms with van der Waals surface area (Å²) in [4.78, 5) is 34.6. The van der Waals surface area contributed by atoms with Crippen molar-refractivity contribution in [3.8, 4) is 0 Å². The van der Waals surface area contributed by atoms with E-state index < -0.39 is 17.0 Å². The van der Waals surface area contributed by atoms with Gasteiger partial charge >= 0.3 is 5.97 Å². The number of hydrogen-bond acceptors (Lipinski definition) is 5. The molecule has 0 saturated heterocycles. The van der Waals surface area contributed by atoms with Crippen molar-refractivity contribution in [1.82, 2.24) is 0 Å². The van der Waals surface area contributed by atoms with Crippen LogP contribution < -0.4 is 0 Å². The Kier molecular flexibility index (Phi) is 5.31. The van der Waals surface area contributed by atoms with Crippen LogP contribution in [0.1, 0.15) is 33.2 Å². The Bertz CT molecular complexity index is 801. The largest absolute Gasteiger partial charge is 0.451 e. The number of rotatable bonds is 5. The van der Waals surface area contributed by atoms with Crippen LogP contribution in [0.5, 0.6) is 0 Å². The monoisotopic (exact) mass is 347 g/mol. The third-order valence-corrected chi connectivity index (χ3v) is 3.66. The van der Waals surface area contributed by atoms with Gasteiger partial charge in [-0.15, -0.1) is 0 Å². The molecule has 0 amide bonds. The molecule has 0 fully saturated rings. The molecule has 124 valence electrons. The predicted molar refractivity (Wildman–Crippen MR) is 88.5 cm³/mol. The Morgan fingerprint density at radius 1 is 1.12 bits per heavy atom. The van der Waals surface area contributed by atoms with E-state index in [1.807, 2.05) is 0 Å². The summed E-state index contributed by atoms with van der Waals surface area (Å²) >= 11 is 5.77. The molecule has 2 aromatic rings. The van der Waals surface area contributed by atoms with Gasteiger partial charge in [-0.2, -0.15) is 0 Å². The molecule has 0 saturated carbocycles. The summed E-state index contributed by atoms with van der Waals surface area (Å²) in [5.74, 6) is -1.08. The summed E-state index contributed by atoms with van der Waals surface area (Å²) in [6, 6.07) is 10.1. The standard InChI is InChI=1S/C17H14ClNO5/c1-10-9-13(5-8-15(10)19(22)23)17(21)24-11(2)16(20)12-3-6-14(18)7-4-12/h3-9,11H,1-2H3/t11-/m0/s1. The normalized spacial score (nSPS) is 11.6. The maximum absolute atomic E-state index is 12.2. The smallest absolute Gasteiger partial charge is 0.338 e. The quantitative estimate of drug-likeness (QED) is 0.353. The first-order valence-electron chi connectivity index (χ1n) is 7.05. The number of ether oxygens (including phenoxy) is 1. The van der Waals surface area contributed by atoms with Crippen molar-refractivity contribution >= 4 is 29.0 Å². The van der Waals surface area contributed by atoms with Gasteiger partial charge in [-0.25, -0.2) is 4.79 Å². The summed E-state index contributed by atoms with van der Waals surface area (Å²) in [7, 11) is 0. The molecule has 2 aromatic carbocycles. The lowest BCUT2D eigenvalue weighted by Crippen LogP contribution is -2.24. The number of hydrogen-bond donors (Lipinski definition) is 0. The number of nitrogens with zero attached hydrogens (tertiary/aromatic N) is 1. The highest BCUT2D eigenvalue weighted by Gasteiger charge is 2.21. The van der Waals surface area contributed by atoms with Crippen LogP contribution in [0.15, 0.2) is 42.5 Å². The Hall–Kier alpha value is -2.73. The molecule has 0 spiro atoms. The van der Waals surface area contributed by atoms with Gasteiger partial charge in [0.05, 0.1) is 10.5 Å². The van der Waals surface area contributed by atoms with E-state index in [1.54, 1.807) is 24.3 Å². The second kappa shape index (κ2) is 7.23. The van der Waals surface area contributed by atoms with Gasteiger partial charge in [-0.1, -0.05) is 11.6 Å². The average molecular weight is 348 g/mol. The van der Waals surface area contributed by atoms with Crippen LogP contribution in [-0.2, 0) is 4.74 Å². The average Bonchev–Trinajstić information content (AvgIpc) is 2.54. The van der Waals surface area contributed by atoms with Gasteiger partial charge in [0.15, 0.2) is 6.10 Å². The Morgan fingerprint density at radius 2 is 1.71 bits per heavy atom. The third kappa shape index (κ3) is 3.97. The molecule has 2 rings (SSSR count). The predicted octanol–water partition coefficient (Wildman–Crippen LogP) is 3.98. The molecule has 0 aliphatic carbocycles. The number of nitro benzene ring substituents is 1. The van der Waals surface area contributed by atoms with E-state index >= 15 is 0 Å². The lowest BCUT2D eigenvalue weighted by molar-refractivity contribution is -0.385. The van der Waals surface area contributed by atoms with Gasteiger partial charge in [-0.05, 0) is 50.2 Å². The summed E-state index contributed by atoms with van der Waals surface area (Å²) in [6.07, 6.45) is -0.992. The Balaban J connectivity index is 2.11. The second-order valence-corrected chi connectivity index (χ2v) is 5.61. The lowest BCUT2D eigenvalue weighted by atomic mass is 10.1. The van der Waals surface area contributed by atoms with Gasteiger partial charge in [0.2, 0.25) is 5.78 Å². The molecular formula is C17H14ClNO5. The maximum Gasteiger partial charge on any atom is 0.338 e.